The van der Waals surface area contributed by atoms with Gasteiger partial charge in [-0.1, -0.05) is 29.3 Å². The topological polar surface area (TPSA) is 127 Å². The first-order valence-corrected chi connectivity index (χ1v) is 11.1. The highest BCUT2D eigenvalue weighted by Gasteiger charge is 2.48. The Hall–Kier alpha value is -2.53. The summed E-state index contributed by atoms with van der Waals surface area (Å²) >= 11 is 13.2. The van der Waals surface area contributed by atoms with E-state index in [0.717, 1.165) is 22.8 Å². The van der Waals surface area contributed by atoms with Crippen LogP contribution < -0.4 is 5.32 Å². The molecule has 1 aromatic carbocycles. The number of nitrogens with one attached hydrogen (secondary N) is 1. The summed E-state index contributed by atoms with van der Waals surface area (Å²) in [5.41, 5.74) is 0.380. The molecule has 0 aliphatic carbocycles. The second kappa shape index (κ2) is 9.95. The second-order valence-corrected chi connectivity index (χ2v) is 8.95. The molecule has 0 saturated carbocycles. The predicted octanol–water partition coefficient (Wildman–Crippen LogP) is 2.26. The summed E-state index contributed by atoms with van der Waals surface area (Å²) in [5, 5.41) is 24.9. The van der Waals surface area contributed by atoms with Gasteiger partial charge in [0.2, 0.25) is 5.91 Å². The van der Waals surface area contributed by atoms with Gasteiger partial charge in [0.05, 0.1) is 22.9 Å². The molecule has 0 spiro atoms. The first-order chi connectivity index (χ1) is 15.1. The molecule has 0 aromatic heterocycles. The number of carboxylic acid groups (broad SMARTS) is 2. The first kappa shape index (κ1) is 24.1. The SMILES string of the molecule is C=CC(C(=O)O)C1=C(CC(=O)O)CN2C[C@H](NC(=O)CSc3cc(Cl)ccc3Cl)C(=O)N12. The normalized spacial score (nSPS) is 19.1. The van der Waals surface area contributed by atoms with Crippen LogP contribution in [0.3, 0.4) is 0 Å². The summed E-state index contributed by atoms with van der Waals surface area (Å²) in [5.74, 6) is -4.61. The number of hydrogen-bond donors (Lipinski definition) is 3. The molecule has 1 aromatic rings. The maximum absolute atomic E-state index is 13.0. The van der Waals surface area contributed by atoms with Crippen molar-refractivity contribution in [1.82, 2.24) is 15.3 Å². The van der Waals surface area contributed by atoms with Crippen LogP contribution in [0.1, 0.15) is 6.42 Å². The van der Waals surface area contributed by atoms with Gasteiger partial charge in [-0.15, -0.1) is 18.3 Å². The molecular formula is C20H19Cl2N3O6S. The Kier molecular flexibility index (Phi) is 7.50. The molecule has 2 atom stereocenters. The number of carbonyl (C=O) groups is 4. The van der Waals surface area contributed by atoms with E-state index in [-0.39, 0.29) is 24.5 Å². The molecule has 1 saturated heterocycles. The Morgan fingerprint density at radius 3 is 2.66 bits per heavy atom. The first-order valence-electron chi connectivity index (χ1n) is 9.37. The van der Waals surface area contributed by atoms with Crippen LogP contribution in [0, 0.1) is 5.92 Å². The van der Waals surface area contributed by atoms with Crippen molar-refractivity contribution in [2.75, 3.05) is 18.8 Å². The van der Waals surface area contributed by atoms with Crippen molar-refractivity contribution in [3.8, 4) is 0 Å². The van der Waals surface area contributed by atoms with Gasteiger partial charge in [0.15, 0.2) is 0 Å². The number of aliphatic carboxylic acids is 2. The van der Waals surface area contributed by atoms with Crippen LogP contribution in [0.2, 0.25) is 10.0 Å². The van der Waals surface area contributed by atoms with E-state index in [0.29, 0.717) is 20.5 Å². The standard InChI is InChI=1S/C20H19Cl2N3O6S/c1-2-12(20(30)31)18-10(5-17(27)28)7-24-8-14(19(29)25(18)24)23-16(26)9-32-15-6-11(21)3-4-13(15)22/h2-4,6,12,14H,1,5,7-9H2,(H,23,26)(H,27,28)(H,30,31)/t12?,14-/m0/s1. The molecule has 2 amide bonds. The Morgan fingerprint density at radius 1 is 1.31 bits per heavy atom. The summed E-state index contributed by atoms with van der Waals surface area (Å²) in [6, 6.07) is 3.98. The zero-order valence-electron chi connectivity index (χ0n) is 16.6. The molecule has 12 heteroatoms. The molecule has 1 fully saturated rings. The van der Waals surface area contributed by atoms with Gasteiger partial charge in [-0.25, -0.2) is 10.0 Å². The molecule has 1 unspecified atom stereocenters. The van der Waals surface area contributed by atoms with Gasteiger partial charge in [-0.3, -0.25) is 19.2 Å². The maximum Gasteiger partial charge on any atom is 0.316 e. The third-order valence-electron chi connectivity index (χ3n) is 4.90. The number of halogens is 2. The number of fused-ring (bicyclic) bond motifs is 1. The van der Waals surface area contributed by atoms with Gasteiger partial charge >= 0.3 is 11.9 Å². The lowest BCUT2D eigenvalue weighted by Crippen LogP contribution is -2.44. The summed E-state index contributed by atoms with van der Waals surface area (Å²) in [6.07, 6.45) is 0.745. The fourth-order valence-corrected chi connectivity index (χ4v) is 4.90. The third-order valence-corrected chi connectivity index (χ3v) is 6.63. The third kappa shape index (κ3) is 5.09. The van der Waals surface area contributed by atoms with E-state index >= 15 is 0 Å². The lowest BCUT2D eigenvalue weighted by molar-refractivity contribution is -0.142. The summed E-state index contributed by atoms with van der Waals surface area (Å²) in [7, 11) is 0. The highest BCUT2D eigenvalue weighted by molar-refractivity contribution is 8.00. The molecule has 3 N–H and O–H groups in total. The van der Waals surface area contributed by atoms with Crippen molar-refractivity contribution < 1.29 is 29.4 Å². The molecule has 3 rings (SSSR count). The second-order valence-electron chi connectivity index (χ2n) is 7.09. The van der Waals surface area contributed by atoms with E-state index in [1.54, 1.807) is 18.2 Å². The molecule has 0 radical (unpaired) electrons. The van der Waals surface area contributed by atoms with Crippen molar-refractivity contribution in [1.29, 1.82) is 0 Å². The largest absolute Gasteiger partial charge is 0.481 e. The highest BCUT2D eigenvalue weighted by Crippen LogP contribution is 2.36. The fraction of sp³-hybridized carbons (Fsp3) is 0.300. The van der Waals surface area contributed by atoms with Crippen LogP contribution >= 0.6 is 35.0 Å². The summed E-state index contributed by atoms with van der Waals surface area (Å²) in [6.45, 7) is 3.66. The summed E-state index contributed by atoms with van der Waals surface area (Å²) < 4.78 is 0. The quantitative estimate of drug-likeness (QED) is 0.348. The fourth-order valence-electron chi connectivity index (χ4n) is 3.60. The van der Waals surface area contributed by atoms with E-state index in [2.05, 4.69) is 11.9 Å². The van der Waals surface area contributed by atoms with Crippen LogP contribution in [0.5, 0.6) is 0 Å². The van der Waals surface area contributed by atoms with Gasteiger partial charge in [-0.2, -0.15) is 0 Å². The Balaban J connectivity index is 1.71. The molecule has 2 aliphatic rings. The van der Waals surface area contributed by atoms with E-state index in [9.17, 15) is 24.3 Å². The molecular weight excluding hydrogens is 481 g/mol. The number of nitrogens with zero attached hydrogens (tertiary/aromatic N) is 2. The molecule has 170 valence electrons. The van der Waals surface area contributed by atoms with Crippen molar-refractivity contribution >= 4 is 58.7 Å². The van der Waals surface area contributed by atoms with Crippen molar-refractivity contribution in [3.63, 3.8) is 0 Å². The van der Waals surface area contributed by atoms with Crippen LogP contribution in [0.4, 0.5) is 0 Å². The number of hydrazine groups is 1. The molecule has 9 nitrogen and oxygen atoms in total. The van der Waals surface area contributed by atoms with Gasteiger partial charge in [0, 0.05) is 23.0 Å². The molecule has 2 heterocycles. The zero-order chi connectivity index (χ0) is 23.6. The number of carboxylic acids is 2. The van der Waals surface area contributed by atoms with Crippen LogP contribution in [0.25, 0.3) is 0 Å². The smallest absolute Gasteiger partial charge is 0.316 e. The number of carbonyl (C=O) groups excluding carboxylic acids is 2. The highest BCUT2D eigenvalue weighted by atomic mass is 35.5. The lowest BCUT2D eigenvalue weighted by atomic mass is 9.98. The maximum atomic E-state index is 13.0. The van der Waals surface area contributed by atoms with E-state index in [4.69, 9.17) is 28.3 Å². The van der Waals surface area contributed by atoms with Gasteiger partial charge in [0.1, 0.15) is 12.0 Å². The average molecular weight is 500 g/mol. The monoisotopic (exact) mass is 499 g/mol. The lowest BCUT2D eigenvalue weighted by Gasteiger charge is -2.24. The number of hydrogen-bond acceptors (Lipinski definition) is 6. The Bertz CT molecular complexity index is 1030. The Labute approximate surface area is 197 Å². The summed E-state index contributed by atoms with van der Waals surface area (Å²) in [4.78, 5) is 48.9. The average Bonchev–Trinajstić information content (AvgIpc) is 3.19. The minimum atomic E-state index is -1.26. The van der Waals surface area contributed by atoms with Gasteiger partial charge in [-0.05, 0) is 23.8 Å². The number of rotatable bonds is 9. The number of amides is 2. The van der Waals surface area contributed by atoms with Gasteiger partial charge in [0.25, 0.3) is 5.91 Å². The number of benzene rings is 1. The zero-order valence-corrected chi connectivity index (χ0v) is 18.9. The van der Waals surface area contributed by atoms with Crippen LogP contribution in [-0.4, -0.2) is 68.9 Å². The molecule has 32 heavy (non-hydrogen) atoms. The predicted molar refractivity (Wildman–Crippen MR) is 118 cm³/mol. The molecule has 0 bridgehead atoms. The van der Waals surface area contributed by atoms with Crippen LogP contribution in [-0.2, 0) is 19.2 Å². The van der Waals surface area contributed by atoms with E-state index in [1.165, 1.54) is 5.01 Å². The number of thioether (sulfide) groups is 1. The molecule has 2 aliphatic heterocycles. The van der Waals surface area contributed by atoms with Gasteiger partial charge < -0.3 is 15.5 Å². The minimum absolute atomic E-state index is 0.0127. The van der Waals surface area contributed by atoms with E-state index in [1.807, 2.05) is 0 Å². The van der Waals surface area contributed by atoms with Crippen molar-refractivity contribution in [3.05, 3.63) is 52.2 Å². The van der Waals surface area contributed by atoms with Crippen LogP contribution in [0.15, 0.2) is 47.0 Å². The van der Waals surface area contributed by atoms with E-state index < -0.39 is 42.1 Å². The van der Waals surface area contributed by atoms with Crippen molar-refractivity contribution in [2.24, 2.45) is 5.92 Å². The minimum Gasteiger partial charge on any atom is -0.481 e. The Morgan fingerprint density at radius 2 is 2.03 bits per heavy atom. The van der Waals surface area contributed by atoms with Crippen molar-refractivity contribution in [2.45, 2.75) is 17.4 Å².